The van der Waals surface area contributed by atoms with E-state index in [1.54, 1.807) is 6.07 Å². The van der Waals surface area contributed by atoms with Crippen molar-refractivity contribution >= 4 is 17.0 Å². The van der Waals surface area contributed by atoms with E-state index in [0.29, 0.717) is 11.5 Å². The molecular formula is C14H16N2O3. The normalized spacial score (nSPS) is 18.9. The van der Waals surface area contributed by atoms with E-state index in [1.165, 1.54) is 7.11 Å². The van der Waals surface area contributed by atoms with Crippen LogP contribution in [0.5, 0.6) is 0 Å². The van der Waals surface area contributed by atoms with Crippen LogP contribution >= 0.6 is 0 Å². The molecule has 0 aliphatic carbocycles. The summed E-state index contributed by atoms with van der Waals surface area (Å²) in [6.45, 7) is 2.52. The molecule has 1 aromatic heterocycles. The van der Waals surface area contributed by atoms with Gasteiger partial charge in [0.2, 0.25) is 0 Å². The van der Waals surface area contributed by atoms with Crippen LogP contribution in [-0.2, 0) is 16.0 Å². The van der Waals surface area contributed by atoms with Crippen molar-refractivity contribution < 1.29 is 14.3 Å². The Balaban J connectivity index is 1.93. The van der Waals surface area contributed by atoms with E-state index in [9.17, 15) is 4.79 Å². The van der Waals surface area contributed by atoms with Crippen molar-refractivity contribution in [3.63, 3.8) is 0 Å². The third-order valence-corrected chi connectivity index (χ3v) is 3.52. The Bertz CT molecular complexity index is 600. The Hall–Kier alpha value is -1.88. The zero-order valence-corrected chi connectivity index (χ0v) is 10.8. The van der Waals surface area contributed by atoms with Crippen LogP contribution in [0.4, 0.5) is 0 Å². The van der Waals surface area contributed by atoms with Gasteiger partial charge in [-0.1, -0.05) is 0 Å². The van der Waals surface area contributed by atoms with Crippen LogP contribution in [0.1, 0.15) is 16.8 Å². The summed E-state index contributed by atoms with van der Waals surface area (Å²) in [5.41, 5.74) is 2.42. The molecule has 5 nitrogen and oxygen atoms in total. The topological polar surface area (TPSA) is 53.3 Å². The number of fused-ring (bicyclic) bond motifs is 1. The maximum absolute atomic E-state index is 11.6. The van der Waals surface area contributed by atoms with Crippen molar-refractivity contribution in [3.8, 4) is 0 Å². The van der Waals surface area contributed by atoms with Gasteiger partial charge in [0.15, 0.2) is 0 Å². The molecule has 0 bridgehead atoms. The lowest BCUT2D eigenvalue weighted by molar-refractivity contribution is 0.0601. The SMILES string of the molecule is COC(=O)c1ccc2ncn(CC3CCOC3)c2c1. The van der Waals surface area contributed by atoms with Gasteiger partial charge in [0, 0.05) is 19.1 Å². The molecule has 3 rings (SSSR count). The molecule has 0 amide bonds. The van der Waals surface area contributed by atoms with Gasteiger partial charge < -0.3 is 14.0 Å². The van der Waals surface area contributed by atoms with E-state index in [2.05, 4.69) is 9.55 Å². The number of hydrogen-bond donors (Lipinski definition) is 0. The molecule has 5 heteroatoms. The molecule has 2 aromatic rings. The summed E-state index contributed by atoms with van der Waals surface area (Å²) >= 11 is 0. The second kappa shape index (κ2) is 5.01. The van der Waals surface area contributed by atoms with E-state index in [-0.39, 0.29) is 5.97 Å². The van der Waals surface area contributed by atoms with E-state index in [1.807, 2.05) is 18.5 Å². The van der Waals surface area contributed by atoms with Gasteiger partial charge in [0.25, 0.3) is 0 Å². The fraction of sp³-hybridized carbons (Fsp3) is 0.429. The van der Waals surface area contributed by atoms with Gasteiger partial charge in [-0.15, -0.1) is 0 Å². The van der Waals surface area contributed by atoms with E-state index in [4.69, 9.17) is 9.47 Å². The number of aromatic nitrogens is 2. The minimum atomic E-state index is -0.321. The highest BCUT2D eigenvalue weighted by Gasteiger charge is 2.17. The van der Waals surface area contributed by atoms with Gasteiger partial charge in [0.1, 0.15) is 0 Å². The zero-order chi connectivity index (χ0) is 13.2. The van der Waals surface area contributed by atoms with E-state index < -0.39 is 0 Å². The second-order valence-electron chi connectivity index (χ2n) is 4.82. The predicted octanol–water partition coefficient (Wildman–Crippen LogP) is 1.86. The minimum absolute atomic E-state index is 0.321. The van der Waals surface area contributed by atoms with Gasteiger partial charge in [-0.25, -0.2) is 9.78 Å². The minimum Gasteiger partial charge on any atom is -0.465 e. The number of imidazole rings is 1. The monoisotopic (exact) mass is 260 g/mol. The van der Waals surface area contributed by atoms with Crippen LogP contribution in [0, 0.1) is 5.92 Å². The van der Waals surface area contributed by atoms with Gasteiger partial charge in [-0.05, 0) is 24.6 Å². The highest BCUT2D eigenvalue weighted by molar-refractivity contribution is 5.93. The third kappa shape index (κ3) is 2.33. The number of carbonyl (C=O) groups excluding carboxylic acids is 1. The molecule has 1 fully saturated rings. The van der Waals surface area contributed by atoms with Crippen molar-refractivity contribution in [1.82, 2.24) is 9.55 Å². The van der Waals surface area contributed by atoms with Crippen LogP contribution in [0.15, 0.2) is 24.5 Å². The fourth-order valence-corrected chi connectivity index (χ4v) is 2.45. The summed E-state index contributed by atoms with van der Waals surface area (Å²) in [4.78, 5) is 15.9. The molecule has 1 aliphatic rings. The number of ether oxygens (including phenoxy) is 2. The number of hydrogen-bond acceptors (Lipinski definition) is 4. The van der Waals surface area contributed by atoms with Crippen LogP contribution in [0.25, 0.3) is 11.0 Å². The lowest BCUT2D eigenvalue weighted by atomic mass is 10.1. The highest BCUT2D eigenvalue weighted by atomic mass is 16.5. The summed E-state index contributed by atoms with van der Waals surface area (Å²) in [6.07, 6.45) is 2.90. The van der Waals surface area contributed by atoms with Crippen molar-refractivity contribution in [3.05, 3.63) is 30.1 Å². The molecule has 0 radical (unpaired) electrons. The molecule has 19 heavy (non-hydrogen) atoms. The largest absolute Gasteiger partial charge is 0.465 e. The first-order chi connectivity index (χ1) is 9.28. The van der Waals surface area contributed by atoms with Crippen LogP contribution < -0.4 is 0 Å². The summed E-state index contributed by atoms with van der Waals surface area (Å²) in [5.74, 6) is 0.207. The summed E-state index contributed by atoms with van der Waals surface area (Å²) in [5, 5.41) is 0. The van der Waals surface area contributed by atoms with Gasteiger partial charge >= 0.3 is 5.97 Å². The summed E-state index contributed by atoms with van der Waals surface area (Å²) in [6, 6.07) is 5.43. The Labute approximate surface area is 111 Å². The Morgan fingerprint density at radius 3 is 3.21 bits per heavy atom. The second-order valence-corrected chi connectivity index (χ2v) is 4.82. The lowest BCUT2D eigenvalue weighted by Gasteiger charge is -2.09. The maximum Gasteiger partial charge on any atom is 0.337 e. The molecule has 1 aromatic carbocycles. The van der Waals surface area contributed by atoms with E-state index >= 15 is 0 Å². The number of nitrogens with zero attached hydrogens (tertiary/aromatic N) is 2. The first kappa shape index (κ1) is 12.2. The first-order valence-corrected chi connectivity index (χ1v) is 6.39. The Morgan fingerprint density at radius 1 is 1.58 bits per heavy atom. The Morgan fingerprint density at radius 2 is 2.47 bits per heavy atom. The number of esters is 1. The van der Waals surface area contributed by atoms with Crippen molar-refractivity contribution in [2.75, 3.05) is 20.3 Å². The standard InChI is InChI=1S/C14H16N2O3/c1-18-14(17)11-2-3-12-13(6-11)16(9-15-12)7-10-4-5-19-8-10/h2-3,6,9-10H,4-5,7-8H2,1H3. The van der Waals surface area contributed by atoms with Crippen molar-refractivity contribution in [2.45, 2.75) is 13.0 Å². The summed E-state index contributed by atoms with van der Waals surface area (Å²) < 4.78 is 12.2. The lowest BCUT2D eigenvalue weighted by Crippen LogP contribution is -2.10. The maximum atomic E-state index is 11.6. The van der Waals surface area contributed by atoms with E-state index in [0.717, 1.165) is 37.2 Å². The summed E-state index contributed by atoms with van der Waals surface area (Å²) in [7, 11) is 1.39. The third-order valence-electron chi connectivity index (χ3n) is 3.52. The molecule has 1 unspecified atom stereocenters. The molecule has 100 valence electrons. The number of carbonyl (C=O) groups is 1. The fourth-order valence-electron chi connectivity index (χ4n) is 2.45. The molecule has 0 saturated carbocycles. The van der Waals surface area contributed by atoms with Gasteiger partial charge in [-0.3, -0.25) is 0 Å². The molecule has 0 N–H and O–H groups in total. The van der Waals surface area contributed by atoms with Crippen molar-refractivity contribution in [2.24, 2.45) is 5.92 Å². The molecular weight excluding hydrogens is 244 g/mol. The molecule has 2 heterocycles. The molecule has 1 saturated heterocycles. The van der Waals surface area contributed by atoms with Gasteiger partial charge in [0.05, 0.1) is 36.6 Å². The number of rotatable bonds is 3. The number of benzene rings is 1. The molecule has 1 atom stereocenters. The van der Waals surface area contributed by atoms with Crippen LogP contribution in [0.3, 0.4) is 0 Å². The van der Waals surface area contributed by atoms with Gasteiger partial charge in [-0.2, -0.15) is 0 Å². The number of methoxy groups -OCH3 is 1. The average Bonchev–Trinajstić information content (AvgIpc) is 3.08. The Kier molecular flexibility index (Phi) is 3.21. The highest BCUT2D eigenvalue weighted by Crippen LogP contribution is 2.20. The van der Waals surface area contributed by atoms with Crippen molar-refractivity contribution in [1.29, 1.82) is 0 Å². The average molecular weight is 260 g/mol. The van der Waals surface area contributed by atoms with Crippen LogP contribution in [-0.4, -0.2) is 35.8 Å². The smallest absolute Gasteiger partial charge is 0.337 e. The quantitative estimate of drug-likeness (QED) is 0.790. The zero-order valence-electron chi connectivity index (χ0n) is 10.8. The molecule has 0 spiro atoms. The predicted molar refractivity (Wildman–Crippen MR) is 70.0 cm³/mol. The molecule has 1 aliphatic heterocycles. The van der Waals surface area contributed by atoms with Crippen LogP contribution in [0.2, 0.25) is 0 Å². The first-order valence-electron chi connectivity index (χ1n) is 6.39.